The van der Waals surface area contributed by atoms with Crippen LogP contribution in [0, 0.1) is 23.3 Å². The lowest BCUT2D eigenvalue weighted by Gasteiger charge is -2.19. The van der Waals surface area contributed by atoms with Gasteiger partial charge in [-0.05, 0) is 24.1 Å². The Labute approximate surface area is 114 Å². The van der Waals surface area contributed by atoms with Crippen molar-refractivity contribution in [3.05, 3.63) is 65.2 Å². The normalized spacial score (nSPS) is 12.2. The van der Waals surface area contributed by atoms with Crippen LogP contribution in [0.4, 0.5) is 23.2 Å². The summed E-state index contributed by atoms with van der Waals surface area (Å²) in [6.07, 6.45) is 0.573. The lowest BCUT2D eigenvalue weighted by molar-refractivity contribution is 0.495. The van der Waals surface area contributed by atoms with Gasteiger partial charge in [0.2, 0.25) is 0 Å². The van der Waals surface area contributed by atoms with Gasteiger partial charge in [0.25, 0.3) is 0 Å². The summed E-state index contributed by atoms with van der Waals surface area (Å²) < 4.78 is 52.4. The Kier molecular flexibility index (Phi) is 4.27. The average Bonchev–Trinajstić information content (AvgIpc) is 2.42. The minimum absolute atomic E-state index is 0.125. The summed E-state index contributed by atoms with van der Waals surface area (Å²) in [4.78, 5) is 0. The minimum atomic E-state index is -1.23. The number of rotatable bonds is 4. The van der Waals surface area contributed by atoms with Crippen molar-refractivity contribution in [3.63, 3.8) is 0 Å². The Bertz CT molecular complexity index is 596. The minimum Gasteiger partial charge on any atom is -0.376 e. The molecule has 1 N–H and O–H groups in total. The van der Waals surface area contributed by atoms with Crippen molar-refractivity contribution in [1.82, 2.24) is 0 Å². The van der Waals surface area contributed by atoms with E-state index >= 15 is 0 Å². The molecule has 0 spiro atoms. The maximum Gasteiger partial charge on any atom is 0.161 e. The van der Waals surface area contributed by atoms with Crippen molar-refractivity contribution in [2.75, 3.05) is 5.32 Å². The van der Waals surface area contributed by atoms with Crippen molar-refractivity contribution in [1.29, 1.82) is 0 Å². The SMILES string of the molecule is CCC(Nc1cc(F)c(F)cc1F)c1ccc(F)cc1. The van der Waals surface area contributed by atoms with Gasteiger partial charge in [0.05, 0.1) is 11.7 Å². The van der Waals surface area contributed by atoms with Crippen LogP contribution in [0.3, 0.4) is 0 Å². The average molecular weight is 283 g/mol. The summed E-state index contributed by atoms with van der Waals surface area (Å²) >= 11 is 0. The molecule has 0 aromatic heterocycles. The summed E-state index contributed by atoms with van der Waals surface area (Å²) in [5, 5.41) is 2.80. The quantitative estimate of drug-likeness (QED) is 0.627. The van der Waals surface area contributed by atoms with Gasteiger partial charge in [-0.15, -0.1) is 0 Å². The Morgan fingerprint density at radius 2 is 1.50 bits per heavy atom. The zero-order valence-corrected chi connectivity index (χ0v) is 10.8. The van der Waals surface area contributed by atoms with E-state index in [4.69, 9.17) is 0 Å². The fourth-order valence-corrected chi connectivity index (χ4v) is 1.94. The van der Waals surface area contributed by atoms with Crippen molar-refractivity contribution >= 4 is 5.69 Å². The lowest BCUT2D eigenvalue weighted by Crippen LogP contribution is -2.11. The van der Waals surface area contributed by atoms with Gasteiger partial charge < -0.3 is 5.32 Å². The van der Waals surface area contributed by atoms with Crippen LogP contribution < -0.4 is 5.32 Å². The van der Waals surface area contributed by atoms with Crippen molar-refractivity contribution in [3.8, 4) is 0 Å². The van der Waals surface area contributed by atoms with Crippen LogP contribution in [0.1, 0.15) is 24.9 Å². The molecule has 0 bridgehead atoms. The smallest absolute Gasteiger partial charge is 0.161 e. The van der Waals surface area contributed by atoms with Crippen LogP contribution in [0.25, 0.3) is 0 Å². The summed E-state index contributed by atoms with van der Waals surface area (Å²) in [6.45, 7) is 1.85. The van der Waals surface area contributed by atoms with E-state index in [0.717, 1.165) is 11.6 Å². The van der Waals surface area contributed by atoms with E-state index in [1.165, 1.54) is 12.1 Å². The number of halogens is 4. The molecule has 0 fully saturated rings. The van der Waals surface area contributed by atoms with E-state index in [9.17, 15) is 17.6 Å². The number of hydrogen-bond donors (Lipinski definition) is 1. The van der Waals surface area contributed by atoms with Crippen molar-refractivity contribution < 1.29 is 17.6 Å². The molecule has 2 rings (SSSR count). The number of benzene rings is 2. The largest absolute Gasteiger partial charge is 0.376 e. The molecule has 0 aliphatic heterocycles. The maximum absolute atomic E-state index is 13.6. The third kappa shape index (κ3) is 3.10. The molecule has 1 nitrogen and oxygen atoms in total. The second-order valence-corrected chi connectivity index (χ2v) is 4.40. The summed E-state index contributed by atoms with van der Waals surface area (Å²) in [7, 11) is 0. The molecule has 0 saturated carbocycles. The van der Waals surface area contributed by atoms with Crippen molar-refractivity contribution in [2.45, 2.75) is 19.4 Å². The van der Waals surface area contributed by atoms with Crippen molar-refractivity contribution in [2.24, 2.45) is 0 Å². The number of nitrogens with one attached hydrogen (secondary N) is 1. The summed E-state index contributed by atoms with van der Waals surface area (Å²) in [5.41, 5.74) is 0.609. The van der Waals surface area contributed by atoms with Crippen LogP contribution in [0.15, 0.2) is 36.4 Å². The maximum atomic E-state index is 13.6. The molecule has 106 valence electrons. The standard InChI is InChI=1S/C15H13F4N/c1-2-14(9-3-5-10(16)6-4-9)20-15-8-12(18)11(17)7-13(15)19/h3-8,14,20H,2H2,1H3. The monoisotopic (exact) mass is 283 g/mol. The first-order valence-corrected chi connectivity index (χ1v) is 6.17. The zero-order valence-electron chi connectivity index (χ0n) is 10.8. The Balaban J connectivity index is 2.26. The van der Waals surface area contributed by atoms with Crippen LogP contribution >= 0.6 is 0 Å². The van der Waals surface area contributed by atoms with E-state index in [1.807, 2.05) is 6.92 Å². The lowest BCUT2D eigenvalue weighted by atomic mass is 10.0. The van der Waals surface area contributed by atoms with E-state index in [2.05, 4.69) is 5.32 Å². The van der Waals surface area contributed by atoms with Gasteiger partial charge in [0, 0.05) is 12.1 Å². The molecule has 5 heteroatoms. The van der Waals surface area contributed by atoms with Crippen LogP contribution in [0.2, 0.25) is 0 Å². The van der Waals surface area contributed by atoms with Gasteiger partial charge in [-0.1, -0.05) is 19.1 Å². The van der Waals surface area contributed by atoms with E-state index in [-0.39, 0.29) is 17.5 Å². The van der Waals surface area contributed by atoms with Crippen LogP contribution in [-0.4, -0.2) is 0 Å². The molecule has 0 aliphatic rings. The fraction of sp³-hybridized carbons (Fsp3) is 0.200. The van der Waals surface area contributed by atoms with Gasteiger partial charge >= 0.3 is 0 Å². The van der Waals surface area contributed by atoms with Crippen LogP contribution in [-0.2, 0) is 0 Å². The molecule has 0 heterocycles. The molecule has 2 aromatic rings. The molecular formula is C15H13F4N. The van der Waals surface area contributed by atoms with Gasteiger partial charge in [-0.25, -0.2) is 17.6 Å². The molecule has 0 saturated heterocycles. The van der Waals surface area contributed by atoms with Crippen LogP contribution in [0.5, 0.6) is 0 Å². The Morgan fingerprint density at radius 3 is 2.10 bits per heavy atom. The fourth-order valence-electron chi connectivity index (χ4n) is 1.94. The second-order valence-electron chi connectivity index (χ2n) is 4.40. The highest BCUT2D eigenvalue weighted by Crippen LogP contribution is 2.26. The first kappa shape index (κ1) is 14.4. The molecule has 2 aromatic carbocycles. The molecule has 0 amide bonds. The van der Waals surface area contributed by atoms with Gasteiger partial charge in [0.1, 0.15) is 11.6 Å². The zero-order chi connectivity index (χ0) is 14.7. The predicted molar refractivity (Wildman–Crippen MR) is 69.4 cm³/mol. The summed E-state index contributed by atoms with van der Waals surface area (Å²) in [6, 6.07) is 6.66. The topological polar surface area (TPSA) is 12.0 Å². The molecule has 1 unspecified atom stereocenters. The molecule has 1 atom stereocenters. The van der Waals surface area contributed by atoms with Gasteiger partial charge in [-0.2, -0.15) is 0 Å². The third-order valence-electron chi connectivity index (χ3n) is 3.02. The molecule has 20 heavy (non-hydrogen) atoms. The Morgan fingerprint density at radius 1 is 0.900 bits per heavy atom. The first-order valence-electron chi connectivity index (χ1n) is 6.17. The number of anilines is 1. The van der Waals surface area contributed by atoms with E-state index in [0.29, 0.717) is 12.5 Å². The molecule has 0 radical (unpaired) electrons. The highest BCUT2D eigenvalue weighted by molar-refractivity contribution is 5.47. The molecular weight excluding hydrogens is 270 g/mol. The highest BCUT2D eigenvalue weighted by atomic mass is 19.2. The summed E-state index contributed by atoms with van der Waals surface area (Å²) in [5.74, 6) is -3.60. The number of hydrogen-bond acceptors (Lipinski definition) is 1. The van der Waals surface area contributed by atoms with E-state index in [1.54, 1.807) is 12.1 Å². The van der Waals surface area contributed by atoms with Gasteiger partial charge in [-0.3, -0.25) is 0 Å². The van der Waals surface area contributed by atoms with Gasteiger partial charge in [0.15, 0.2) is 11.6 Å². The van der Waals surface area contributed by atoms with E-state index < -0.39 is 17.5 Å². The predicted octanol–water partition coefficient (Wildman–Crippen LogP) is 4.81. The second kappa shape index (κ2) is 5.94. The molecule has 0 aliphatic carbocycles. The third-order valence-corrected chi connectivity index (χ3v) is 3.02. The first-order chi connectivity index (χ1) is 9.51. The Hall–Kier alpha value is -2.04. The highest BCUT2D eigenvalue weighted by Gasteiger charge is 2.14.